The number of halogens is 2. The van der Waals surface area contributed by atoms with E-state index in [2.05, 4.69) is 20.8 Å². The summed E-state index contributed by atoms with van der Waals surface area (Å²) in [6.45, 7) is 4.14. The molecule has 3 heterocycles. The number of aryl methyl sites for hydroxylation is 1. The summed E-state index contributed by atoms with van der Waals surface area (Å²) in [6, 6.07) is 0.205. The Hall–Kier alpha value is -3.54. The number of benzene rings is 1. The highest BCUT2D eigenvalue weighted by Crippen LogP contribution is 2.42. The summed E-state index contributed by atoms with van der Waals surface area (Å²) in [5.74, 6) is -1.83. The van der Waals surface area contributed by atoms with Gasteiger partial charge in [-0.25, -0.2) is 13.9 Å². The monoisotopic (exact) mass is 503 g/mol. The van der Waals surface area contributed by atoms with E-state index in [4.69, 9.17) is 11.6 Å². The fourth-order valence-corrected chi connectivity index (χ4v) is 5.03. The van der Waals surface area contributed by atoms with Crippen molar-refractivity contribution in [1.82, 2.24) is 30.1 Å². The average Bonchev–Trinajstić information content (AvgIpc) is 3.41. The Morgan fingerprint density at radius 1 is 1.31 bits per heavy atom. The number of hydrogen-bond acceptors (Lipinski definition) is 7. The van der Waals surface area contributed by atoms with Crippen LogP contribution in [0.15, 0.2) is 17.1 Å². The van der Waals surface area contributed by atoms with E-state index in [0.29, 0.717) is 30.9 Å². The fraction of sp³-hybridized carbons (Fsp3) is 0.455. The summed E-state index contributed by atoms with van der Waals surface area (Å²) < 4.78 is 18.4. The average molecular weight is 504 g/mol. The zero-order valence-corrected chi connectivity index (χ0v) is 19.8. The van der Waals surface area contributed by atoms with Crippen LogP contribution in [0.4, 0.5) is 10.1 Å². The molecule has 2 aromatic heterocycles. The number of fused-ring (bicyclic) bond motifs is 1. The Morgan fingerprint density at radius 3 is 2.69 bits per heavy atom. The molecular formula is C22H23ClFN7O4. The van der Waals surface area contributed by atoms with Gasteiger partial charge < -0.3 is 19.9 Å². The second-order valence-corrected chi connectivity index (χ2v) is 9.40. The van der Waals surface area contributed by atoms with Crippen molar-refractivity contribution in [3.8, 4) is 0 Å². The molecular weight excluding hydrogens is 481 g/mol. The highest BCUT2D eigenvalue weighted by atomic mass is 35.5. The summed E-state index contributed by atoms with van der Waals surface area (Å²) in [5, 5.41) is 23.6. The number of amides is 1. The lowest BCUT2D eigenvalue weighted by molar-refractivity contribution is -0.124. The second kappa shape index (κ2) is 8.59. The molecule has 3 aromatic rings. The molecule has 35 heavy (non-hydrogen) atoms. The van der Waals surface area contributed by atoms with Gasteiger partial charge in [0.25, 0.3) is 0 Å². The number of nitrogens with one attached hydrogen (secondary N) is 1. The molecule has 2 N–H and O–H groups in total. The van der Waals surface area contributed by atoms with Gasteiger partial charge in [0.05, 0.1) is 21.6 Å². The first-order valence-electron chi connectivity index (χ1n) is 11.3. The van der Waals surface area contributed by atoms with Gasteiger partial charge in [-0.15, -0.1) is 5.10 Å². The molecule has 1 aliphatic heterocycles. The van der Waals surface area contributed by atoms with Crippen LogP contribution in [0.2, 0.25) is 5.02 Å². The summed E-state index contributed by atoms with van der Waals surface area (Å²) in [5.41, 5.74) is -0.716. The van der Waals surface area contributed by atoms with Crippen molar-refractivity contribution in [1.29, 1.82) is 0 Å². The van der Waals surface area contributed by atoms with Crippen LogP contribution in [0.25, 0.3) is 10.9 Å². The smallest absolute Gasteiger partial charge is 0.341 e. The van der Waals surface area contributed by atoms with Crippen molar-refractivity contribution in [2.75, 3.05) is 18.0 Å². The maximum absolute atomic E-state index is 15.3. The predicted molar refractivity (Wildman–Crippen MR) is 124 cm³/mol. The molecule has 2 unspecified atom stereocenters. The van der Waals surface area contributed by atoms with Gasteiger partial charge in [-0.2, -0.15) is 0 Å². The number of aromatic carboxylic acids is 1. The molecule has 0 radical (unpaired) electrons. The van der Waals surface area contributed by atoms with Crippen LogP contribution in [-0.4, -0.2) is 60.9 Å². The third-order valence-electron chi connectivity index (χ3n) is 6.61. The van der Waals surface area contributed by atoms with Crippen LogP contribution in [0.3, 0.4) is 0 Å². The van der Waals surface area contributed by atoms with Crippen molar-refractivity contribution in [3.05, 3.63) is 44.7 Å². The Morgan fingerprint density at radius 2 is 2.06 bits per heavy atom. The molecule has 1 aromatic carbocycles. The third-order valence-corrected chi connectivity index (χ3v) is 6.97. The zero-order valence-electron chi connectivity index (χ0n) is 19.0. The van der Waals surface area contributed by atoms with Gasteiger partial charge in [-0.1, -0.05) is 11.6 Å². The van der Waals surface area contributed by atoms with Crippen molar-refractivity contribution < 1.29 is 19.1 Å². The van der Waals surface area contributed by atoms with Crippen LogP contribution in [0, 0.1) is 12.7 Å². The van der Waals surface area contributed by atoms with E-state index >= 15 is 4.39 Å². The van der Waals surface area contributed by atoms with Gasteiger partial charge in [0, 0.05) is 31.4 Å². The Bertz CT molecular complexity index is 1420. The number of tetrazole rings is 1. The van der Waals surface area contributed by atoms with Crippen LogP contribution >= 0.6 is 11.6 Å². The molecule has 5 rings (SSSR count). The summed E-state index contributed by atoms with van der Waals surface area (Å²) in [6.07, 6.45) is 3.50. The fourth-order valence-electron chi connectivity index (χ4n) is 4.62. The van der Waals surface area contributed by atoms with E-state index in [-0.39, 0.29) is 34.1 Å². The molecule has 2 atom stereocenters. The molecule has 13 heteroatoms. The first kappa shape index (κ1) is 23.2. The number of carbonyl (C=O) groups excluding carboxylic acids is 1. The molecule has 2 aliphatic rings. The number of hydrogen-bond donors (Lipinski definition) is 2. The lowest BCUT2D eigenvalue weighted by atomic mass is 10.1. The minimum absolute atomic E-state index is 0.00819. The number of carboxylic acid groups (broad SMARTS) is 1. The third kappa shape index (κ3) is 4.01. The van der Waals surface area contributed by atoms with Gasteiger partial charge in [0.2, 0.25) is 11.3 Å². The van der Waals surface area contributed by atoms with E-state index in [1.807, 2.05) is 0 Å². The number of aromatic nitrogens is 5. The van der Waals surface area contributed by atoms with Crippen LogP contribution < -0.4 is 15.6 Å². The van der Waals surface area contributed by atoms with Crippen LogP contribution in [-0.2, 0) is 4.79 Å². The second-order valence-electron chi connectivity index (χ2n) is 9.02. The quantitative estimate of drug-likeness (QED) is 0.522. The number of nitrogens with zero attached hydrogens (tertiary/aromatic N) is 6. The van der Waals surface area contributed by atoms with Crippen LogP contribution in [0.5, 0.6) is 0 Å². The van der Waals surface area contributed by atoms with Crippen molar-refractivity contribution in [2.24, 2.45) is 0 Å². The van der Waals surface area contributed by atoms with E-state index in [0.717, 1.165) is 18.9 Å². The first-order chi connectivity index (χ1) is 16.7. The lowest BCUT2D eigenvalue weighted by Gasteiger charge is -2.24. The predicted octanol–water partition coefficient (Wildman–Crippen LogP) is 2.08. The van der Waals surface area contributed by atoms with Gasteiger partial charge >= 0.3 is 5.97 Å². The van der Waals surface area contributed by atoms with E-state index in [1.165, 1.54) is 10.9 Å². The lowest BCUT2D eigenvalue weighted by Crippen LogP contribution is -2.41. The molecule has 184 valence electrons. The number of carboxylic acids is 1. The zero-order chi connectivity index (χ0) is 25.0. The maximum atomic E-state index is 15.3. The number of rotatable bonds is 6. The van der Waals surface area contributed by atoms with Crippen molar-refractivity contribution in [2.45, 2.75) is 51.2 Å². The molecule has 1 aliphatic carbocycles. The van der Waals surface area contributed by atoms with Crippen LogP contribution in [0.1, 0.15) is 54.5 Å². The van der Waals surface area contributed by atoms with Crippen molar-refractivity contribution in [3.63, 3.8) is 0 Å². The largest absolute Gasteiger partial charge is 0.477 e. The first-order valence-corrected chi connectivity index (χ1v) is 11.6. The number of pyridine rings is 1. The topological polar surface area (TPSA) is 135 Å². The SMILES string of the molecule is Cc1nnnn1C(C)C(=O)NC1CCN(c2c(F)cc3c(=O)c(C(=O)O)cn(C4CC4)c3c2Cl)C1. The van der Waals surface area contributed by atoms with E-state index in [9.17, 15) is 19.5 Å². The van der Waals surface area contributed by atoms with E-state index in [1.54, 1.807) is 23.3 Å². The Labute approximate surface area is 203 Å². The van der Waals surface area contributed by atoms with Gasteiger partial charge in [0.1, 0.15) is 23.2 Å². The van der Waals surface area contributed by atoms with Gasteiger partial charge in [-0.05, 0) is 49.6 Å². The summed E-state index contributed by atoms with van der Waals surface area (Å²) >= 11 is 6.70. The summed E-state index contributed by atoms with van der Waals surface area (Å²) in [7, 11) is 0. The molecule has 11 nitrogen and oxygen atoms in total. The highest BCUT2D eigenvalue weighted by Gasteiger charge is 2.33. The van der Waals surface area contributed by atoms with Crippen molar-refractivity contribution >= 4 is 40.1 Å². The molecule has 0 bridgehead atoms. The van der Waals surface area contributed by atoms with Gasteiger partial charge in [0.15, 0.2) is 0 Å². The standard InChI is InChI=1S/C22H23ClFN7O4/c1-10(31-11(2)26-27-28-31)21(33)25-12-5-6-29(8-12)19-16(24)7-14-18(17(19)23)30(13-3-4-13)9-15(20(14)32)22(34)35/h7,9-10,12-13H,3-6,8H2,1-2H3,(H,25,33)(H,34,35). The normalized spacial score (nSPS) is 18.7. The van der Waals surface area contributed by atoms with E-state index < -0.39 is 28.8 Å². The Balaban J connectivity index is 1.45. The number of carbonyl (C=O) groups is 2. The number of anilines is 1. The van der Waals surface area contributed by atoms with Gasteiger partial charge in [-0.3, -0.25) is 9.59 Å². The molecule has 2 fully saturated rings. The highest BCUT2D eigenvalue weighted by molar-refractivity contribution is 6.38. The summed E-state index contributed by atoms with van der Waals surface area (Å²) in [4.78, 5) is 38.8. The molecule has 0 spiro atoms. The maximum Gasteiger partial charge on any atom is 0.341 e. The molecule has 1 saturated carbocycles. The minimum Gasteiger partial charge on any atom is -0.477 e. The molecule has 1 amide bonds. The molecule has 1 saturated heterocycles. The minimum atomic E-state index is -1.36. The Kier molecular flexibility index (Phi) is 5.70.